The molecule has 1 aromatic carbocycles. The van der Waals surface area contributed by atoms with E-state index in [2.05, 4.69) is 24.3 Å². The van der Waals surface area contributed by atoms with E-state index < -0.39 is 0 Å². The molecule has 134 valence electrons. The Kier molecular flexibility index (Phi) is 10.7. The van der Waals surface area contributed by atoms with Gasteiger partial charge >= 0.3 is 0 Å². The topological polar surface area (TPSA) is 36.9 Å². The van der Waals surface area contributed by atoms with Gasteiger partial charge in [-0.2, -0.15) is 0 Å². The zero-order valence-electron chi connectivity index (χ0n) is 15.3. The highest BCUT2D eigenvalue weighted by Gasteiger charge is 2.00. The van der Waals surface area contributed by atoms with Gasteiger partial charge in [0.25, 0.3) is 0 Å². The van der Waals surface area contributed by atoms with Crippen LogP contribution in [0, 0.1) is 0 Å². The van der Waals surface area contributed by atoms with Crippen LogP contribution in [0.3, 0.4) is 0 Å². The van der Waals surface area contributed by atoms with Crippen LogP contribution in [0.15, 0.2) is 36.8 Å². The van der Waals surface area contributed by atoms with Crippen LogP contribution < -0.4 is 0 Å². The summed E-state index contributed by atoms with van der Waals surface area (Å²) in [7, 11) is 3.40. The maximum Gasteiger partial charge on any atom is 0.0895 e. The molecule has 0 aliphatic carbocycles. The summed E-state index contributed by atoms with van der Waals surface area (Å²) < 4.78 is 21.1. The summed E-state index contributed by atoms with van der Waals surface area (Å²) in [5.41, 5.74) is 4.52. The van der Waals surface area contributed by atoms with Crippen LogP contribution >= 0.6 is 0 Å². The Morgan fingerprint density at radius 3 is 1.42 bits per heavy atom. The van der Waals surface area contributed by atoms with Crippen LogP contribution in [0.1, 0.15) is 37.8 Å². The van der Waals surface area contributed by atoms with Gasteiger partial charge in [-0.05, 0) is 36.1 Å². The van der Waals surface area contributed by atoms with E-state index in [1.807, 2.05) is 26.4 Å². The molecule has 0 atom stereocenters. The standard InChI is InChI=1S/C20H30O4/c1-17(15-23-13-5-11-21-3)19-7-9-20(10-8-19)18(2)16-24-14-6-12-22-4/h7-10,15-16H,5-6,11-14H2,1-4H3. The van der Waals surface area contributed by atoms with E-state index in [0.29, 0.717) is 13.2 Å². The summed E-state index contributed by atoms with van der Waals surface area (Å²) in [4.78, 5) is 0. The second-order valence-electron chi connectivity index (χ2n) is 5.61. The van der Waals surface area contributed by atoms with E-state index in [0.717, 1.165) is 48.3 Å². The third kappa shape index (κ3) is 8.18. The summed E-state index contributed by atoms with van der Waals surface area (Å²) in [5.74, 6) is 0. The number of hydrogen-bond donors (Lipinski definition) is 0. The molecule has 0 aliphatic heterocycles. The van der Waals surface area contributed by atoms with Crippen LogP contribution in [0.5, 0.6) is 0 Å². The Labute approximate surface area is 146 Å². The third-order valence-corrected chi connectivity index (χ3v) is 3.54. The fourth-order valence-electron chi connectivity index (χ4n) is 2.07. The van der Waals surface area contributed by atoms with Crippen molar-refractivity contribution in [2.75, 3.05) is 40.6 Å². The van der Waals surface area contributed by atoms with Crippen LogP contribution in [-0.2, 0) is 18.9 Å². The highest BCUT2D eigenvalue weighted by atomic mass is 16.5. The van der Waals surface area contributed by atoms with Gasteiger partial charge < -0.3 is 18.9 Å². The first kappa shape index (κ1) is 20.3. The van der Waals surface area contributed by atoms with Crippen molar-refractivity contribution in [1.29, 1.82) is 0 Å². The molecule has 24 heavy (non-hydrogen) atoms. The summed E-state index contributed by atoms with van der Waals surface area (Å²) in [6.45, 7) is 6.89. The lowest BCUT2D eigenvalue weighted by atomic mass is 10.0. The van der Waals surface area contributed by atoms with Gasteiger partial charge in [0.05, 0.1) is 25.7 Å². The molecule has 4 heteroatoms. The Morgan fingerprint density at radius 1 is 0.708 bits per heavy atom. The normalized spacial score (nSPS) is 12.3. The lowest BCUT2D eigenvalue weighted by Crippen LogP contribution is -1.95. The minimum absolute atomic E-state index is 0.672. The predicted molar refractivity (Wildman–Crippen MR) is 98.6 cm³/mol. The van der Waals surface area contributed by atoms with Crippen molar-refractivity contribution in [2.24, 2.45) is 0 Å². The highest BCUT2D eigenvalue weighted by Crippen LogP contribution is 2.19. The highest BCUT2D eigenvalue weighted by molar-refractivity contribution is 5.68. The first-order valence-electron chi connectivity index (χ1n) is 8.34. The van der Waals surface area contributed by atoms with Crippen molar-refractivity contribution >= 4 is 11.1 Å². The zero-order valence-corrected chi connectivity index (χ0v) is 15.3. The van der Waals surface area contributed by atoms with Gasteiger partial charge in [-0.25, -0.2) is 0 Å². The Morgan fingerprint density at radius 2 is 1.08 bits per heavy atom. The number of ether oxygens (including phenoxy) is 4. The second kappa shape index (κ2) is 12.6. The molecule has 0 spiro atoms. The van der Waals surface area contributed by atoms with Crippen LogP contribution in [-0.4, -0.2) is 40.6 Å². The molecule has 0 heterocycles. The molecule has 0 radical (unpaired) electrons. The van der Waals surface area contributed by atoms with Gasteiger partial charge in [0.15, 0.2) is 0 Å². The largest absolute Gasteiger partial charge is 0.501 e. The summed E-state index contributed by atoms with van der Waals surface area (Å²) in [5, 5.41) is 0. The Bertz CT molecular complexity index is 456. The minimum atomic E-state index is 0.672. The molecule has 0 aliphatic rings. The molecule has 0 saturated carbocycles. The van der Waals surface area contributed by atoms with E-state index in [-0.39, 0.29) is 0 Å². The molecular weight excluding hydrogens is 304 g/mol. The molecule has 0 amide bonds. The monoisotopic (exact) mass is 334 g/mol. The molecule has 0 unspecified atom stereocenters. The predicted octanol–water partition coefficient (Wildman–Crippen LogP) is 4.51. The molecule has 0 aromatic heterocycles. The maximum atomic E-state index is 5.53. The number of rotatable bonds is 12. The SMILES string of the molecule is COCCCOC=C(C)c1ccc(C(C)=COCCCOC)cc1. The van der Waals surface area contributed by atoms with Crippen molar-refractivity contribution in [3.05, 3.63) is 47.9 Å². The van der Waals surface area contributed by atoms with Gasteiger partial charge in [0, 0.05) is 40.3 Å². The van der Waals surface area contributed by atoms with Gasteiger partial charge in [-0.3, -0.25) is 0 Å². The smallest absolute Gasteiger partial charge is 0.0895 e. The maximum absolute atomic E-state index is 5.53. The minimum Gasteiger partial charge on any atom is -0.501 e. The van der Waals surface area contributed by atoms with E-state index in [9.17, 15) is 0 Å². The fourth-order valence-corrected chi connectivity index (χ4v) is 2.07. The van der Waals surface area contributed by atoms with Crippen molar-refractivity contribution in [2.45, 2.75) is 26.7 Å². The van der Waals surface area contributed by atoms with Crippen LogP contribution in [0.4, 0.5) is 0 Å². The van der Waals surface area contributed by atoms with Gasteiger partial charge in [0.2, 0.25) is 0 Å². The van der Waals surface area contributed by atoms with E-state index >= 15 is 0 Å². The van der Waals surface area contributed by atoms with Gasteiger partial charge in [-0.15, -0.1) is 0 Å². The summed E-state index contributed by atoms with van der Waals surface area (Å²) in [6.07, 6.45) is 5.42. The van der Waals surface area contributed by atoms with E-state index in [1.54, 1.807) is 14.2 Å². The van der Waals surface area contributed by atoms with Gasteiger partial charge in [-0.1, -0.05) is 24.3 Å². The zero-order chi connectivity index (χ0) is 17.6. The molecule has 1 aromatic rings. The summed E-state index contributed by atoms with van der Waals surface area (Å²) >= 11 is 0. The molecular formula is C20H30O4. The van der Waals surface area contributed by atoms with Crippen LogP contribution in [0.25, 0.3) is 11.1 Å². The quantitative estimate of drug-likeness (QED) is 0.416. The third-order valence-electron chi connectivity index (χ3n) is 3.54. The fraction of sp³-hybridized carbons (Fsp3) is 0.500. The molecule has 0 fully saturated rings. The number of benzene rings is 1. The number of methoxy groups -OCH3 is 2. The van der Waals surface area contributed by atoms with Crippen LogP contribution in [0.2, 0.25) is 0 Å². The molecule has 4 nitrogen and oxygen atoms in total. The summed E-state index contributed by atoms with van der Waals surface area (Å²) in [6, 6.07) is 8.40. The average Bonchev–Trinajstić information content (AvgIpc) is 2.61. The van der Waals surface area contributed by atoms with Crippen molar-refractivity contribution < 1.29 is 18.9 Å². The Hall–Kier alpha value is -1.78. The van der Waals surface area contributed by atoms with E-state index in [4.69, 9.17) is 18.9 Å². The lowest BCUT2D eigenvalue weighted by Gasteiger charge is -2.07. The van der Waals surface area contributed by atoms with Gasteiger partial charge in [0.1, 0.15) is 0 Å². The molecule has 1 rings (SSSR count). The molecule has 0 N–H and O–H groups in total. The first-order valence-corrected chi connectivity index (χ1v) is 8.34. The van der Waals surface area contributed by atoms with Crippen molar-refractivity contribution in [1.82, 2.24) is 0 Å². The number of allylic oxidation sites excluding steroid dienone is 2. The molecule has 0 saturated heterocycles. The molecule has 0 bridgehead atoms. The lowest BCUT2D eigenvalue weighted by molar-refractivity contribution is 0.157. The second-order valence-corrected chi connectivity index (χ2v) is 5.61. The van der Waals surface area contributed by atoms with Crippen molar-refractivity contribution in [3.8, 4) is 0 Å². The number of hydrogen-bond acceptors (Lipinski definition) is 4. The Balaban J connectivity index is 2.48. The first-order chi connectivity index (χ1) is 11.7. The average molecular weight is 334 g/mol. The van der Waals surface area contributed by atoms with E-state index in [1.165, 1.54) is 0 Å². The van der Waals surface area contributed by atoms with Crippen molar-refractivity contribution in [3.63, 3.8) is 0 Å².